The Hall–Kier alpha value is -13.9. The Morgan fingerprint density at radius 2 is 0.491 bits per heavy atom. The summed E-state index contributed by atoms with van der Waals surface area (Å²) < 4.78 is 14.0. The van der Waals surface area contributed by atoms with Crippen molar-refractivity contribution in [3.05, 3.63) is 364 Å². The Labute approximate surface area is 609 Å². The molecule has 0 aliphatic carbocycles. The fraction of sp³-hybridized carbons (Fsp3) is 0. The Morgan fingerprint density at radius 3 is 1.04 bits per heavy atom. The van der Waals surface area contributed by atoms with Gasteiger partial charge in [0, 0.05) is 32.3 Å². The first-order chi connectivity index (χ1) is 52.6. The lowest BCUT2D eigenvalue weighted by molar-refractivity contribution is 0.672. The Kier molecular flexibility index (Phi) is 12.6. The topological polar surface area (TPSA) is 26.3 Å². The van der Waals surface area contributed by atoms with Gasteiger partial charge in [0.25, 0.3) is 0 Å². The summed E-state index contributed by atoms with van der Waals surface area (Å²) in [5.74, 6) is 0. The first-order valence-corrected chi connectivity index (χ1v) is 36.7. The molecule has 0 N–H and O–H groups in total. The van der Waals surface area contributed by atoms with Crippen LogP contribution < -0.4 is 0 Å². The molecule has 0 aliphatic rings. The van der Waals surface area contributed by atoms with E-state index in [0.717, 1.165) is 65.8 Å². The molecule has 488 valence electrons. The van der Waals surface area contributed by atoms with Crippen LogP contribution in [0.2, 0.25) is 0 Å². The predicted molar refractivity (Wildman–Crippen MR) is 452 cm³/mol. The number of fused-ring (bicyclic) bond motifs is 23. The number of furan rings is 2. The van der Waals surface area contributed by atoms with Gasteiger partial charge in [0.1, 0.15) is 22.3 Å². The lowest BCUT2D eigenvalue weighted by Crippen LogP contribution is -1.92. The van der Waals surface area contributed by atoms with E-state index in [1.165, 1.54) is 174 Å². The van der Waals surface area contributed by atoms with E-state index in [1.807, 2.05) is 0 Å². The Morgan fingerprint density at radius 1 is 0.142 bits per heavy atom. The highest BCUT2D eigenvalue weighted by molar-refractivity contribution is 6.34. The van der Waals surface area contributed by atoms with Crippen molar-refractivity contribution < 1.29 is 8.83 Å². The third-order valence-electron chi connectivity index (χ3n) is 23.2. The van der Waals surface area contributed by atoms with Crippen molar-refractivity contribution in [1.82, 2.24) is 0 Å². The van der Waals surface area contributed by atoms with Crippen LogP contribution in [0, 0.1) is 0 Å². The fourth-order valence-corrected chi connectivity index (χ4v) is 18.7. The maximum Gasteiger partial charge on any atom is 0.143 e. The molecule has 106 heavy (non-hydrogen) atoms. The molecule has 0 saturated carbocycles. The molecule has 0 radical (unpaired) electrons. The molecule has 23 aromatic rings. The van der Waals surface area contributed by atoms with Crippen LogP contribution in [0.15, 0.2) is 373 Å². The lowest BCUT2D eigenvalue weighted by atomic mass is 9.83. The summed E-state index contributed by atoms with van der Waals surface area (Å²) in [6.07, 6.45) is 0. The van der Waals surface area contributed by atoms with Gasteiger partial charge in [0.2, 0.25) is 0 Å². The zero-order valence-corrected chi connectivity index (χ0v) is 57.5. The van der Waals surface area contributed by atoms with E-state index in [-0.39, 0.29) is 0 Å². The molecule has 2 nitrogen and oxygen atoms in total. The van der Waals surface area contributed by atoms with Crippen molar-refractivity contribution in [3.8, 4) is 77.9 Å². The minimum absolute atomic E-state index is 0.870. The molecular weight excluding hydrogens is 1280 g/mol. The van der Waals surface area contributed by atoms with Gasteiger partial charge in [-0.05, 0) is 222 Å². The maximum atomic E-state index is 7.19. The summed E-state index contributed by atoms with van der Waals surface area (Å²) >= 11 is 0. The van der Waals surface area contributed by atoms with E-state index in [1.54, 1.807) is 0 Å². The molecule has 0 spiro atoms. The highest BCUT2D eigenvalue weighted by Gasteiger charge is 2.25. The van der Waals surface area contributed by atoms with Gasteiger partial charge in [-0.25, -0.2) is 0 Å². The molecule has 23 rings (SSSR count). The summed E-state index contributed by atoms with van der Waals surface area (Å²) in [7, 11) is 0. The van der Waals surface area contributed by atoms with E-state index in [0.29, 0.717) is 0 Å². The van der Waals surface area contributed by atoms with Crippen LogP contribution in [0.4, 0.5) is 0 Å². The minimum Gasteiger partial charge on any atom is -0.455 e. The first kappa shape index (κ1) is 58.7. The highest BCUT2D eigenvalue weighted by atomic mass is 16.3. The van der Waals surface area contributed by atoms with E-state index in [4.69, 9.17) is 8.83 Å². The second kappa shape index (κ2) is 22.8. The van der Waals surface area contributed by atoms with Gasteiger partial charge < -0.3 is 8.83 Å². The lowest BCUT2D eigenvalue weighted by Gasteiger charge is -2.20. The summed E-state index contributed by atoms with van der Waals surface area (Å²) in [4.78, 5) is 0. The summed E-state index contributed by atoms with van der Waals surface area (Å²) in [5, 5.41) is 31.1. The van der Waals surface area contributed by atoms with Crippen LogP contribution in [0.3, 0.4) is 0 Å². The third kappa shape index (κ3) is 8.55. The second-order valence-electron chi connectivity index (χ2n) is 28.6. The average Bonchev–Trinajstić information content (AvgIpc) is 1.51. The van der Waals surface area contributed by atoms with E-state index >= 15 is 0 Å². The van der Waals surface area contributed by atoms with Crippen LogP contribution in [0.5, 0.6) is 0 Å². The van der Waals surface area contributed by atoms with Crippen LogP contribution in [-0.4, -0.2) is 0 Å². The quantitative estimate of drug-likeness (QED) is 0.117. The van der Waals surface area contributed by atoms with Crippen molar-refractivity contribution in [1.29, 1.82) is 0 Å². The molecule has 2 heterocycles. The van der Waals surface area contributed by atoms with Crippen LogP contribution >= 0.6 is 0 Å². The highest BCUT2D eigenvalue weighted by Crippen LogP contribution is 2.52. The summed E-state index contributed by atoms with van der Waals surface area (Å²) in [6, 6.07) is 135. The molecule has 0 amide bonds. The van der Waals surface area contributed by atoms with Crippen LogP contribution in [0.1, 0.15) is 0 Å². The molecule has 2 aromatic heterocycles. The SMILES string of the molecule is c1ccc(-c2c3ccccc3c(-c3ccc(-c4ccc5c(c4)oc4c6ccccc6c6c(-c7ccc8cc(-c9c%10ccccc%10c(-c%10ccc(-c%11ccc%12oc%13c%14ccccc%14c%14ccccc%14c%13c%12c%11)c%11ccccc%10%11)c%10ccccc9%10)ccc8c7)cccc6c54)c4ccccc34)c3ccccc23)cc1. The zero-order chi connectivity index (χ0) is 69.2. The van der Waals surface area contributed by atoms with E-state index in [9.17, 15) is 0 Å². The van der Waals surface area contributed by atoms with E-state index < -0.39 is 0 Å². The van der Waals surface area contributed by atoms with Gasteiger partial charge in [-0.3, -0.25) is 0 Å². The standard InChI is InChI=1S/C104H60O2/c1-2-23-61(24-3-1)96-78-32-11-15-36-82(78)99(83-37-16-12-33-79(83)96)88-55-53-69(72-26-5-7-28-74(72)88)66-49-51-91-95(60-66)106-104-90-42-21-19-40-86(90)98-70(43-22-44-92(98)102(91)104)64-47-45-63-58-67(48-46-62(63)57-64)97-80-34-13-17-38-84(80)100(85-39-18-14-35-81(85)97)87-54-52-68(71-25-4-6-27-73(71)87)65-50-56-94-93(59-65)101-77-31-10-8-29-75(77)76-30-9-20-41-89(76)103(101)105-94/h1-60H. The van der Waals surface area contributed by atoms with Gasteiger partial charge in [-0.15, -0.1) is 0 Å². The summed E-state index contributed by atoms with van der Waals surface area (Å²) in [6.45, 7) is 0. The molecule has 0 saturated heterocycles. The number of rotatable bonds is 7. The fourth-order valence-electron chi connectivity index (χ4n) is 18.7. The van der Waals surface area contributed by atoms with E-state index in [2.05, 4.69) is 364 Å². The van der Waals surface area contributed by atoms with Crippen molar-refractivity contribution in [2.45, 2.75) is 0 Å². The molecule has 0 fully saturated rings. The Balaban J connectivity index is 0.621. The molecule has 0 unspecified atom stereocenters. The van der Waals surface area contributed by atoms with Crippen molar-refractivity contribution in [3.63, 3.8) is 0 Å². The van der Waals surface area contributed by atoms with Crippen molar-refractivity contribution in [2.75, 3.05) is 0 Å². The molecule has 0 bridgehead atoms. The van der Waals surface area contributed by atoms with Crippen molar-refractivity contribution in [2.24, 2.45) is 0 Å². The number of hydrogen-bond donors (Lipinski definition) is 0. The number of hydrogen-bond acceptors (Lipinski definition) is 2. The maximum absolute atomic E-state index is 7.19. The van der Waals surface area contributed by atoms with Gasteiger partial charge in [-0.1, -0.05) is 328 Å². The molecular formula is C104H60O2. The van der Waals surface area contributed by atoms with Crippen molar-refractivity contribution >= 4 is 162 Å². The second-order valence-corrected chi connectivity index (χ2v) is 28.6. The monoisotopic (exact) mass is 1340 g/mol. The Bertz CT molecular complexity index is 7640. The average molecular weight is 1340 g/mol. The minimum atomic E-state index is 0.870. The van der Waals surface area contributed by atoms with Gasteiger partial charge in [-0.2, -0.15) is 0 Å². The molecule has 0 aliphatic heterocycles. The largest absolute Gasteiger partial charge is 0.455 e. The van der Waals surface area contributed by atoms with Gasteiger partial charge >= 0.3 is 0 Å². The van der Waals surface area contributed by atoms with Gasteiger partial charge in [0.05, 0.1) is 0 Å². The predicted octanol–water partition coefficient (Wildman–Crippen LogP) is 29.8. The zero-order valence-electron chi connectivity index (χ0n) is 57.5. The molecule has 2 heteroatoms. The molecule has 21 aromatic carbocycles. The van der Waals surface area contributed by atoms with Crippen LogP contribution in [0.25, 0.3) is 240 Å². The normalized spacial score (nSPS) is 12.2. The van der Waals surface area contributed by atoms with Crippen LogP contribution in [-0.2, 0) is 0 Å². The molecule has 0 atom stereocenters. The summed E-state index contributed by atoms with van der Waals surface area (Å²) in [5.41, 5.74) is 20.5. The van der Waals surface area contributed by atoms with Gasteiger partial charge in [0.15, 0.2) is 0 Å². The smallest absolute Gasteiger partial charge is 0.143 e. The third-order valence-corrected chi connectivity index (χ3v) is 23.2. The number of benzene rings is 21. The first-order valence-electron chi connectivity index (χ1n) is 36.7.